The van der Waals surface area contributed by atoms with Gasteiger partial charge in [0.15, 0.2) is 17.3 Å². The lowest BCUT2D eigenvalue weighted by molar-refractivity contribution is -0.214. The molecule has 0 aromatic heterocycles. The molecule has 11 heteroatoms. The second kappa shape index (κ2) is 10.9. The number of fused-ring (bicyclic) bond motifs is 1. The van der Waals surface area contributed by atoms with Crippen molar-refractivity contribution in [3.8, 4) is 0 Å². The second-order valence-electron chi connectivity index (χ2n) is 11.9. The van der Waals surface area contributed by atoms with Gasteiger partial charge in [-0.2, -0.15) is 0 Å². The first kappa shape index (κ1) is 30.7. The van der Waals surface area contributed by atoms with Crippen LogP contribution < -0.4 is 0 Å². The molecule has 2 fully saturated rings. The summed E-state index contributed by atoms with van der Waals surface area (Å²) in [6.45, 7) is 12.6. The molecule has 9 atom stereocenters. The van der Waals surface area contributed by atoms with Gasteiger partial charge in [-0.05, 0) is 33.3 Å². The largest absolute Gasteiger partial charge is 0.461 e. The van der Waals surface area contributed by atoms with Gasteiger partial charge < -0.3 is 28.4 Å². The zero-order valence-electron chi connectivity index (χ0n) is 24.9. The van der Waals surface area contributed by atoms with Crippen LogP contribution in [-0.4, -0.2) is 71.6 Å². The van der Waals surface area contributed by atoms with E-state index in [4.69, 9.17) is 28.4 Å². The summed E-state index contributed by atoms with van der Waals surface area (Å²) in [5.74, 6) is -3.72. The van der Waals surface area contributed by atoms with Gasteiger partial charge >= 0.3 is 29.8 Å². The minimum absolute atomic E-state index is 0.129. The van der Waals surface area contributed by atoms with Crippen LogP contribution in [0.5, 0.6) is 0 Å². The minimum Gasteiger partial charge on any atom is -0.461 e. The van der Waals surface area contributed by atoms with Crippen molar-refractivity contribution in [1.29, 1.82) is 0 Å². The molecule has 1 spiro atoms. The molecule has 0 amide bonds. The van der Waals surface area contributed by atoms with Gasteiger partial charge in [0.05, 0.1) is 5.41 Å². The number of ether oxygens (including phenoxy) is 6. The molecule has 0 radical (unpaired) electrons. The molecule has 11 nitrogen and oxygen atoms in total. The zero-order valence-corrected chi connectivity index (χ0v) is 24.9. The van der Waals surface area contributed by atoms with Crippen LogP contribution in [0.3, 0.4) is 0 Å². The molecule has 2 aliphatic carbocycles. The van der Waals surface area contributed by atoms with Crippen molar-refractivity contribution in [2.24, 2.45) is 11.3 Å². The lowest BCUT2D eigenvalue weighted by Crippen LogP contribution is -2.64. The van der Waals surface area contributed by atoms with Crippen LogP contribution in [0.4, 0.5) is 0 Å². The van der Waals surface area contributed by atoms with Crippen molar-refractivity contribution < 1.29 is 52.4 Å². The van der Waals surface area contributed by atoms with Crippen LogP contribution in [0.2, 0.25) is 0 Å². The average Bonchev–Trinajstić information content (AvgIpc) is 3.44. The van der Waals surface area contributed by atoms with Crippen molar-refractivity contribution >= 4 is 29.8 Å². The third-order valence-electron chi connectivity index (χ3n) is 8.90. The molecule has 0 aromatic rings. The van der Waals surface area contributed by atoms with Crippen LogP contribution in [0.1, 0.15) is 81.1 Å². The average molecular weight is 577 g/mol. The Morgan fingerprint density at radius 2 is 1.56 bits per heavy atom. The lowest BCUT2D eigenvalue weighted by atomic mass is 9.56. The van der Waals surface area contributed by atoms with Gasteiger partial charge in [0.1, 0.15) is 24.4 Å². The zero-order chi connectivity index (χ0) is 30.5. The van der Waals surface area contributed by atoms with Gasteiger partial charge in [-0.25, -0.2) is 4.79 Å². The quantitative estimate of drug-likeness (QED) is 0.199. The Balaban J connectivity index is 2.03. The minimum atomic E-state index is -1.41. The number of hydrogen-bond donors (Lipinski definition) is 0. The first-order valence-electron chi connectivity index (χ1n) is 14.1. The number of rotatable bonds is 6. The van der Waals surface area contributed by atoms with E-state index in [1.54, 1.807) is 26.8 Å². The first-order chi connectivity index (χ1) is 19.1. The predicted molar refractivity (Wildman–Crippen MR) is 142 cm³/mol. The van der Waals surface area contributed by atoms with Gasteiger partial charge in [0.2, 0.25) is 0 Å². The molecule has 4 rings (SSSR count). The molecule has 41 heavy (non-hydrogen) atoms. The van der Waals surface area contributed by atoms with E-state index in [2.05, 4.69) is 0 Å². The highest BCUT2D eigenvalue weighted by Gasteiger charge is 2.87. The highest BCUT2D eigenvalue weighted by molar-refractivity contribution is 5.89. The molecular weight excluding hydrogens is 536 g/mol. The molecule has 4 aliphatic rings. The van der Waals surface area contributed by atoms with E-state index >= 15 is 0 Å². The predicted octanol–water partition coefficient (Wildman–Crippen LogP) is 3.27. The summed E-state index contributed by atoms with van der Waals surface area (Å²) in [7, 11) is 0. The number of esters is 5. The van der Waals surface area contributed by atoms with Crippen LogP contribution in [0.15, 0.2) is 23.3 Å². The second-order valence-corrected chi connectivity index (χ2v) is 11.9. The summed E-state index contributed by atoms with van der Waals surface area (Å²) < 4.78 is 35.9. The fourth-order valence-electron chi connectivity index (χ4n) is 7.12. The van der Waals surface area contributed by atoms with E-state index in [0.29, 0.717) is 12.0 Å². The summed E-state index contributed by atoms with van der Waals surface area (Å²) in [6.07, 6.45) is -0.419. The third kappa shape index (κ3) is 5.06. The van der Waals surface area contributed by atoms with Crippen LogP contribution in [0.25, 0.3) is 0 Å². The summed E-state index contributed by atoms with van der Waals surface area (Å²) >= 11 is 0. The smallest absolute Gasteiger partial charge is 0.342 e. The van der Waals surface area contributed by atoms with E-state index in [1.807, 2.05) is 19.9 Å². The van der Waals surface area contributed by atoms with Crippen molar-refractivity contribution in [2.45, 2.75) is 123 Å². The van der Waals surface area contributed by atoms with E-state index in [1.165, 1.54) is 20.8 Å². The third-order valence-corrected chi connectivity index (χ3v) is 8.90. The van der Waals surface area contributed by atoms with Gasteiger partial charge in [0.25, 0.3) is 0 Å². The normalized spacial score (nSPS) is 39.4. The number of epoxide rings is 1. The Hall–Kier alpha value is -3.21. The Bertz CT molecular complexity index is 1200. The Morgan fingerprint density at radius 1 is 0.951 bits per heavy atom. The van der Waals surface area contributed by atoms with Crippen LogP contribution in [0, 0.1) is 11.3 Å². The Kier molecular flexibility index (Phi) is 8.16. The summed E-state index contributed by atoms with van der Waals surface area (Å²) in [5.41, 5.74) is -2.72. The first-order valence-corrected chi connectivity index (χ1v) is 14.1. The van der Waals surface area contributed by atoms with E-state index in [9.17, 15) is 24.0 Å². The molecule has 0 aromatic carbocycles. The van der Waals surface area contributed by atoms with E-state index in [-0.39, 0.29) is 19.3 Å². The highest BCUT2D eigenvalue weighted by Crippen LogP contribution is 2.65. The number of carbonyl (C=O) groups excluding carboxylic acids is 5. The molecule has 2 heterocycles. The van der Waals surface area contributed by atoms with Crippen LogP contribution >= 0.6 is 0 Å². The molecule has 0 N–H and O–H groups in total. The summed E-state index contributed by atoms with van der Waals surface area (Å²) in [5, 5.41) is 0. The molecule has 226 valence electrons. The van der Waals surface area contributed by atoms with Crippen LogP contribution in [-0.2, 0) is 52.4 Å². The van der Waals surface area contributed by atoms with Gasteiger partial charge in [0, 0.05) is 46.0 Å². The fourth-order valence-corrected chi connectivity index (χ4v) is 7.12. The molecule has 2 aliphatic heterocycles. The van der Waals surface area contributed by atoms with Crippen molar-refractivity contribution in [1.82, 2.24) is 0 Å². The Labute approximate surface area is 239 Å². The number of carbonyl (C=O) groups is 5. The lowest BCUT2D eigenvalue weighted by Gasteiger charge is -2.54. The SMILES string of the molecule is CCCC(=O)OC1CC(C)=CC2OC(=O)C3(C)OC23C(OC(C)=O)C2C(C)=CCC(OC(C)=O)C2(C)C1OC(C)=O. The van der Waals surface area contributed by atoms with Crippen molar-refractivity contribution in [2.75, 3.05) is 0 Å². The van der Waals surface area contributed by atoms with Gasteiger partial charge in [-0.1, -0.05) is 31.1 Å². The molecule has 9 unspecified atom stereocenters. The maximum Gasteiger partial charge on any atom is 0.342 e. The maximum absolute atomic E-state index is 13.1. The molecular formula is C30H40O11. The number of hydrogen-bond acceptors (Lipinski definition) is 11. The van der Waals surface area contributed by atoms with Gasteiger partial charge in [-0.3, -0.25) is 19.2 Å². The van der Waals surface area contributed by atoms with Gasteiger partial charge in [-0.15, -0.1) is 0 Å². The standard InChI is InChI=1S/C30H40O11/c1-9-10-23(34)39-20-13-15(2)14-22-30(29(8,41-30)27(35)40-22)26(38-19(6)33)24-16(3)11-12-21(36-17(4)31)28(24,7)25(20)37-18(5)32/h11,14,20-22,24-26H,9-10,12-13H2,1-8H3. The topological polar surface area (TPSA) is 144 Å². The van der Waals surface area contributed by atoms with Crippen molar-refractivity contribution in [3.63, 3.8) is 0 Å². The monoisotopic (exact) mass is 576 g/mol. The summed E-state index contributed by atoms with van der Waals surface area (Å²) in [6, 6.07) is 0. The highest BCUT2D eigenvalue weighted by atomic mass is 16.7. The maximum atomic E-state index is 13.1. The molecule has 0 saturated carbocycles. The summed E-state index contributed by atoms with van der Waals surface area (Å²) in [4.78, 5) is 63.7. The Morgan fingerprint density at radius 3 is 2.12 bits per heavy atom. The van der Waals surface area contributed by atoms with E-state index in [0.717, 1.165) is 5.57 Å². The van der Waals surface area contributed by atoms with E-state index < -0.39 is 82.9 Å². The molecule has 0 bridgehead atoms. The van der Waals surface area contributed by atoms with Crippen molar-refractivity contribution in [3.05, 3.63) is 23.3 Å². The molecule has 2 saturated heterocycles. The fraction of sp³-hybridized carbons (Fsp3) is 0.700.